The van der Waals surface area contributed by atoms with Gasteiger partial charge in [0.05, 0.1) is 86.9 Å². The van der Waals surface area contributed by atoms with E-state index in [0.29, 0.717) is 84.1 Å². The molecule has 1 saturated heterocycles. The summed E-state index contributed by atoms with van der Waals surface area (Å²) in [4.78, 5) is 24.5. The van der Waals surface area contributed by atoms with Crippen LogP contribution in [0, 0.1) is 5.82 Å². The molecule has 4 aromatic rings. The molecule has 262 valence electrons. The van der Waals surface area contributed by atoms with Crippen molar-refractivity contribution in [3.63, 3.8) is 0 Å². The van der Waals surface area contributed by atoms with Gasteiger partial charge in [0.25, 0.3) is 0 Å². The van der Waals surface area contributed by atoms with Crippen LogP contribution in [0.15, 0.2) is 54.9 Å². The highest BCUT2D eigenvalue weighted by atomic mass is 32.1. The highest BCUT2D eigenvalue weighted by Gasteiger charge is 2.23. The Morgan fingerprint density at radius 2 is 1.51 bits per heavy atom. The van der Waals surface area contributed by atoms with Crippen molar-refractivity contribution in [1.82, 2.24) is 20.2 Å². The lowest BCUT2D eigenvalue weighted by molar-refractivity contribution is -0.0189. The molecule has 2 aliphatic rings. The maximum absolute atomic E-state index is 15.0. The third kappa shape index (κ3) is 11.1. The first-order valence-corrected chi connectivity index (χ1v) is 17.4. The van der Waals surface area contributed by atoms with Gasteiger partial charge < -0.3 is 39.1 Å². The number of nitrogens with one attached hydrogen (secondary N) is 2. The van der Waals surface area contributed by atoms with Crippen LogP contribution in [0.25, 0.3) is 20.8 Å². The first-order valence-electron chi connectivity index (χ1n) is 16.6. The zero-order valence-electron chi connectivity index (χ0n) is 27.4. The lowest BCUT2D eigenvalue weighted by atomic mass is 10.2. The Morgan fingerprint density at radius 3 is 2.12 bits per heavy atom. The van der Waals surface area contributed by atoms with Gasteiger partial charge in [-0.1, -0.05) is 6.07 Å². The van der Waals surface area contributed by atoms with Gasteiger partial charge in [0.1, 0.15) is 5.75 Å². The molecule has 2 fully saturated rings. The Balaban J connectivity index is 1.06. The molecule has 12 nitrogen and oxygen atoms in total. The maximum Gasteiger partial charge on any atom is 0.319 e. The summed E-state index contributed by atoms with van der Waals surface area (Å²) in [5.41, 5.74) is 2.95. The van der Waals surface area contributed by atoms with Gasteiger partial charge in [-0.15, -0.1) is 11.3 Å². The molecule has 4 heterocycles. The van der Waals surface area contributed by atoms with Gasteiger partial charge in [-0.3, -0.25) is 14.9 Å². The van der Waals surface area contributed by atoms with Crippen molar-refractivity contribution in [3.05, 3.63) is 66.2 Å². The van der Waals surface area contributed by atoms with Crippen molar-refractivity contribution < 1.29 is 37.6 Å². The molecule has 1 aromatic carbocycles. The number of hydrogen-bond acceptors (Lipinski definition) is 11. The number of rotatable bonds is 7. The summed E-state index contributed by atoms with van der Waals surface area (Å²) in [5, 5.41) is 5.48. The van der Waals surface area contributed by atoms with E-state index in [1.807, 2.05) is 18.3 Å². The van der Waals surface area contributed by atoms with Crippen molar-refractivity contribution in [1.29, 1.82) is 0 Å². The van der Waals surface area contributed by atoms with Crippen molar-refractivity contribution in [2.45, 2.75) is 25.4 Å². The predicted molar refractivity (Wildman–Crippen MR) is 184 cm³/mol. The van der Waals surface area contributed by atoms with Crippen molar-refractivity contribution in [2.24, 2.45) is 0 Å². The summed E-state index contributed by atoms with van der Waals surface area (Å²) >= 11 is 1.48. The van der Waals surface area contributed by atoms with Crippen LogP contribution in [0.1, 0.15) is 18.4 Å². The molecule has 0 bridgehead atoms. The summed E-state index contributed by atoms with van der Waals surface area (Å²) in [5.74, 6) is -0.0469. The minimum absolute atomic E-state index is 0.0511. The van der Waals surface area contributed by atoms with Gasteiger partial charge in [-0.2, -0.15) is 0 Å². The Morgan fingerprint density at radius 1 is 0.837 bits per heavy atom. The van der Waals surface area contributed by atoms with Crippen LogP contribution in [0.5, 0.6) is 11.5 Å². The van der Waals surface area contributed by atoms with Crippen LogP contribution in [0.4, 0.5) is 14.9 Å². The van der Waals surface area contributed by atoms with E-state index in [4.69, 9.17) is 33.4 Å². The van der Waals surface area contributed by atoms with Gasteiger partial charge in [0, 0.05) is 55.9 Å². The van der Waals surface area contributed by atoms with Gasteiger partial charge in [-0.05, 0) is 42.7 Å². The molecule has 0 radical (unpaired) electrons. The number of hydrogen-bond donors (Lipinski definition) is 2. The molecule has 6 rings (SSSR count). The second-order valence-corrected chi connectivity index (χ2v) is 12.7. The van der Waals surface area contributed by atoms with Gasteiger partial charge in [-0.25, -0.2) is 9.18 Å². The lowest BCUT2D eigenvalue weighted by Gasteiger charge is -2.22. The van der Waals surface area contributed by atoms with E-state index in [1.165, 1.54) is 23.5 Å². The number of fused-ring (bicyclic) bond motifs is 1. The third-order valence-corrected chi connectivity index (χ3v) is 8.93. The lowest BCUT2D eigenvalue weighted by Crippen LogP contribution is -2.31. The average Bonchev–Trinajstić information content (AvgIpc) is 3.80. The molecule has 1 aliphatic carbocycles. The summed E-state index contributed by atoms with van der Waals surface area (Å²) in [6.07, 6.45) is 5.46. The number of nitrogens with zero attached hydrogens (tertiary/aromatic N) is 3. The third-order valence-electron chi connectivity index (χ3n) is 7.77. The Hall–Kier alpha value is -3.76. The van der Waals surface area contributed by atoms with E-state index >= 15 is 0 Å². The Bertz CT molecular complexity index is 1620. The molecule has 1 saturated carbocycles. The monoisotopic (exact) mass is 695 g/mol. The molecule has 14 heteroatoms. The largest absolute Gasteiger partial charge is 0.453 e. The smallest absolute Gasteiger partial charge is 0.319 e. The second-order valence-electron chi connectivity index (χ2n) is 11.6. The molecule has 2 N–H and O–H groups in total. The fourth-order valence-corrected chi connectivity index (χ4v) is 6.08. The number of amides is 2. The average molecular weight is 696 g/mol. The number of carbonyl (C=O) groups excluding carboxylic acids is 1. The highest BCUT2D eigenvalue weighted by Crippen LogP contribution is 2.39. The number of urea groups is 1. The normalized spacial score (nSPS) is 18.0. The second kappa shape index (κ2) is 18.3. The van der Waals surface area contributed by atoms with E-state index < -0.39 is 5.82 Å². The van der Waals surface area contributed by atoms with Crippen LogP contribution in [0.3, 0.4) is 0 Å². The predicted octanol–water partition coefficient (Wildman–Crippen LogP) is 5.47. The van der Waals surface area contributed by atoms with Crippen LogP contribution < -0.4 is 15.4 Å². The van der Waals surface area contributed by atoms with Crippen LogP contribution in [-0.4, -0.2) is 106 Å². The van der Waals surface area contributed by atoms with E-state index in [9.17, 15) is 9.18 Å². The van der Waals surface area contributed by atoms with E-state index in [2.05, 4.69) is 26.6 Å². The molecule has 0 atom stereocenters. The van der Waals surface area contributed by atoms with Crippen molar-refractivity contribution in [3.8, 4) is 22.1 Å². The maximum atomic E-state index is 15.0. The Kier molecular flexibility index (Phi) is 13.1. The van der Waals surface area contributed by atoms with Crippen LogP contribution in [0.2, 0.25) is 0 Å². The molecule has 3 aromatic heterocycles. The summed E-state index contributed by atoms with van der Waals surface area (Å²) < 4.78 is 50.0. The number of benzene rings is 1. The zero-order valence-corrected chi connectivity index (χ0v) is 28.2. The van der Waals surface area contributed by atoms with Gasteiger partial charge in [0.15, 0.2) is 11.6 Å². The molecular formula is C35H42FN5O7S. The minimum Gasteiger partial charge on any atom is -0.453 e. The van der Waals surface area contributed by atoms with Gasteiger partial charge >= 0.3 is 6.03 Å². The standard InChI is InChI=1S/C35H42FN5O7S/c36-28-21-27(40-35(42)39-26-2-3-26)4-6-31(28)48-32-7-8-37-30-22-33(49-34(30)32)29-5-1-25(23-38-29)24-41-9-11-43-13-15-45-17-19-47-20-18-46-16-14-44-12-10-41/h1,4-8,21-23,26H,2-3,9-20,24H2,(H2,39,40,42). The summed E-state index contributed by atoms with van der Waals surface area (Å²) in [6, 6.07) is 12.0. The highest BCUT2D eigenvalue weighted by molar-refractivity contribution is 7.22. The SMILES string of the molecule is O=C(Nc1ccc(Oc2ccnc3cc(-c4ccc(CN5CCOCCOCCOCCOCCOCC5)cn4)sc23)c(F)c1)NC1CC1. The fraction of sp³-hybridized carbons (Fsp3) is 0.457. The van der Waals surface area contributed by atoms with E-state index in [0.717, 1.165) is 52.3 Å². The topological polar surface area (TPSA) is 126 Å². The number of carbonyl (C=O) groups is 1. The van der Waals surface area contributed by atoms with Crippen molar-refractivity contribution >= 4 is 33.3 Å². The number of aromatic nitrogens is 2. The number of anilines is 1. The molecule has 0 spiro atoms. The number of thiophene rings is 1. The summed E-state index contributed by atoms with van der Waals surface area (Å²) in [6.45, 7) is 7.58. The van der Waals surface area contributed by atoms with Gasteiger partial charge in [0.2, 0.25) is 0 Å². The molecule has 2 amide bonds. The Labute approximate surface area is 288 Å². The molecule has 1 aliphatic heterocycles. The van der Waals surface area contributed by atoms with Crippen LogP contribution in [-0.2, 0) is 30.2 Å². The first kappa shape index (κ1) is 35.1. The fourth-order valence-electron chi connectivity index (χ4n) is 5.04. The number of halogens is 1. The quantitative estimate of drug-likeness (QED) is 0.257. The molecular weight excluding hydrogens is 653 g/mol. The molecule has 0 unspecified atom stereocenters. The van der Waals surface area contributed by atoms with E-state index in [1.54, 1.807) is 18.3 Å². The summed E-state index contributed by atoms with van der Waals surface area (Å²) in [7, 11) is 0. The molecule has 49 heavy (non-hydrogen) atoms. The van der Waals surface area contributed by atoms with Crippen LogP contribution >= 0.6 is 11.3 Å². The number of ether oxygens (including phenoxy) is 6. The van der Waals surface area contributed by atoms with Crippen molar-refractivity contribution in [2.75, 3.05) is 84.5 Å². The zero-order chi connectivity index (χ0) is 33.7. The number of pyridine rings is 2. The minimum atomic E-state index is -0.584. The van der Waals surface area contributed by atoms with E-state index in [-0.39, 0.29) is 17.8 Å². The first-order chi connectivity index (χ1) is 24.1.